The number of nitrogens with zero attached hydrogens (tertiary/aromatic N) is 6. The van der Waals surface area contributed by atoms with Crippen LogP contribution < -0.4 is 21.3 Å². The first-order chi connectivity index (χ1) is 25.6. The van der Waals surface area contributed by atoms with Crippen LogP contribution in [0.4, 0.5) is 21.0 Å². The topological polar surface area (TPSA) is 175 Å². The lowest BCUT2D eigenvalue weighted by atomic mass is 9.97. The summed E-state index contributed by atoms with van der Waals surface area (Å²) in [6, 6.07) is 24.6. The molecule has 0 aliphatic carbocycles. The molecule has 8 aromatic rings. The maximum atomic E-state index is 13.1. The predicted octanol–water partition coefficient (Wildman–Crippen LogP) is 6.28. The number of H-pyrrole nitrogens is 2. The van der Waals surface area contributed by atoms with Crippen molar-refractivity contribution in [3.63, 3.8) is 0 Å². The monoisotopic (exact) mass is 686 g/mol. The van der Waals surface area contributed by atoms with Gasteiger partial charge in [0.15, 0.2) is 0 Å². The van der Waals surface area contributed by atoms with Gasteiger partial charge in [-0.2, -0.15) is 0 Å². The number of aromatic nitrogens is 8. The van der Waals surface area contributed by atoms with E-state index in [1.165, 1.54) is 0 Å². The van der Waals surface area contributed by atoms with E-state index < -0.39 is 0 Å². The van der Waals surface area contributed by atoms with E-state index in [1.54, 1.807) is 19.0 Å². The SMILES string of the molecule is O=C(NCC1c2ccccc2-c2cncn21)Nc1ccc2nc(-c3cccc4c3-c3cncn3C4CNC(=O)Nc3ccc4nc[nH]c4c3)[nH]c2c1. The number of urea groups is 2. The molecular weight excluding hydrogens is 656 g/mol. The summed E-state index contributed by atoms with van der Waals surface area (Å²) in [6.45, 7) is 0.771. The van der Waals surface area contributed by atoms with Crippen LogP contribution in [0.5, 0.6) is 0 Å². The molecular formula is C38H30N12O2. The molecule has 0 saturated heterocycles. The molecule has 2 unspecified atom stereocenters. The van der Waals surface area contributed by atoms with E-state index >= 15 is 0 Å². The average Bonchev–Trinajstić information content (AvgIpc) is 4.00. The number of hydrogen-bond acceptors (Lipinski definition) is 6. The van der Waals surface area contributed by atoms with Crippen molar-refractivity contribution in [3.05, 3.63) is 121 Å². The number of imidazole rings is 4. The first-order valence-electron chi connectivity index (χ1n) is 16.9. The van der Waals surface area contributed by atoms with Crippen LogP contribution in [0.1, 0.15) is 23.2 Å². The van der Waals surface area contributed by atoms with Crippen molar-refractivity contribution in [3.8, 4) is 33.9 Å². The summed E-state index contributed by atoms with van der Waals surface area (Å²) < 4.78 is 4.17. The lowest BCUT2D eigenvalue weighted by Gasteiger charge is -2.16. The maximum Gasteiger partial charge on any atom is 0.319 e. The zero-order valence-corrected chi connectivity index (χ0v) is 27.5. The van der Waals surface area contributed by atoms with Crippen LogP contribution in [0.2, 0.25) is 0 Å². The van der Waals surface area contributed by atoms with E-state index in [0.717, 1.165) is 61.3 Å². The zero-order valence-electron chi connectivity index (χ0n) is 27.5. The van der Waals surface area contributed by atoms with Gasteiger partial charge >= 0.3 is 12.1 Å². The summed E-state index contributed by atoms with van der Waals surface area (Å²) >= 11 is 0. The van der Waals surface area contributed by atoms with E-state index in [1.807, 2.05) is 73.1 Å². The van der Waals surface area contributed by atoms with Crippen molar-refractivity contribution in [2.45, 2.75) is 12.1 Å². The predicted molar refractivity (Wildman–Crippen MR) is 197 cm³/mol. The Kier molecular flexibility index (Phi) is 6.67. The summed E-state index contributed by atoms with van der Waals surface area (Å²) in [4.78, 5) is 50.4. The van der Waals surface area contributed by atoms with Crippen LogP contribution in [-0.4, -0.2) is 64.2 Å². The van der Waals surface area contributed by atoms with E-state index in [-0.39, 0.29) is 24.1 Å². The van der Waals surface area contributed by atoms with Crippen LogP contribution in [0, 0.1) is 0 Å². The number of nitrogens with one attached hydrogen (secondary N) is 6. The van der Waals surface area contributed by atoms with Gasteiger partial charge in [0.2, 0.25) is 0 Å². The molecule has 254 valence electrons. The van der Waals surface area contributed by atoms with Gasteiger partial charge in [-0.1, -0.05) is 42.5 Å². The van der Waals surface area contributed by atoms with Gasteiger partial charge in [0.25, 0.3) is 0 Å². The van der Waals surface area contributed by atoms with Gasteiger partial charge in [-0.25, -0.2) is 29.5 Å². The van der Waals surface area contributed by atoms with E-state index in [2.05, 4.69) is 73.5 Å². The number of rotatable bonds is 7. The minimum Gasteiger partial charge on any atom is -0.345 e. The quantitative estimate of drug-likeness (QED) is 0.115. The minimum absolute atomic E-state index is 0.0305. The molecule has 6 heterocycles. The lowest BCUT2D eigenvalue weighted by molar-refractivity contribution is 0.250. The molecule has 10 rings (SSSR count). The molecule has 52 heavy (non-hydrogen) atoms. The van der Waals surface area contributed by atoms with E-state index in [0.29, 0.717) is 30.3 Å². The largest absolute Gasteiger partial charge is 0.345 e. The molecule has 0 fully saturated rings. The summed E-state index contributed by atoms with van der Waals surface area (Å²) in [5.74, 6) is 0.692. The third-order valence-electron chi connectivity index (χ3n) is 9.90. The van der Waals surface area contributed by atoms with Crippen LogP contribution >= 0.6 is 0 Å². The van der Waals surface area contributed by atoms with Gasteiger partial charge in [-0.05, 0) is 47.5 Å². The molecule has 4 aromatic heterocycles. The number of anilines is 2. The molecule has 0 spiro atoms. The second-order valence-electron chi connectivity index (χ2n) is 12.9. The normalized spacial score (nSPS) is 15.2. The van der Waals surface area contributed by atoms with Gasteiger partial charge in [-0.3, -0.25) is 0 Å². The number of benzene rings is 4. The highest BCUT2D eigenvalue weighted by atomic mass is 16.2. The minimum atomic E-state index is -0.309. The van der Waals surface area contributed by atoms with Crippen molar-refractivity contribution in [1.29, 1.82) is 0 Å². The summed E-state index contributed by atoms with van der Waals surface area (Å²) in [6.07, 6.45) is 8.91. The van der Waals surface area contributed by atoms with Crippen LogP contribution in [0.15, 0.2) is 110 Å². The second-order valence-corrected chi connectivity index (χ2v) is 12.9. The fourth-order valence-electron chi connectivity index (χ4n) is 7.53. The van der Waals surface area contributed by atoms with Gasteiger partial charge in [0.1, 0.15) is 5.82 Å². The third kappa shape index (κ3) is 4.87. The number of hydrogen-bond donors (Lipinski definition) is 6. The zero-order chi connectivity index (χ0) is 34.8. The first kappa shape index (κ1) is 29.7. The van der Waals surface area contributed by atoms with Crippen molar-refractivity contribution in [2.24, 2.45) is 0 Å². The number of fused-ring (bicyclic) bond motifs is 8. The molecule has 2 aliphatic heterocycles. The Morgan fingerprint density at radius 3 is 2.15 bits per heavy atom. The fraction of sp³-hybridized carbons (Fsp3) is 0.105. The fourth-order valence-corrected chi connectivity index (χ4v) is 7.53. The van der Waals surface area contributed by atoms with E-state index in [4.69, 9.17) is 4.98 Å². The molecule has 0 radical (unpaired) electrons. The number of carbonyl (C=O) groups is 2. The second kappa shape index (κ2) is 11.7. The molecule has 2 atom stereocenters. The van der Waals surface area contributed by atoms with Crippen LogP contribution in [0.3, 0.4) is 0 Å². The number of aromatic amines is 2. The lowest BCUT2D eigenvalue weighted by Crippen LogP contribution is -2.33. The Morgan fingerprint density at radius 1 is 0.692 bits per heavy atom. The van der Waals surface area contributed by atoms with Crippen molar-refractivity contribution >= 4 is 45.5 Å². The molecule has 6 N–H and O–H groups in total. The van der Waals surface area contributed by atoms with Crippen LogP contribution in [-0.2, 0) is 0 Å². The summed E-state index contributed by atoms with van der Waals surface area (Å²) in [5.41, 5.74) is 11.8. The third-order valence-corrected chi connectivity index (χ3v) is 9.90. The number of carbonyl (C=O) groups excluding carboxylic acids is 2. The molecule has 4 aromatic carbocycles. The number of amides is 4. The maximum absolute atomic E-state index is 13.1. The van der Waals surface area contributed by atoms with Crippen molar-refractivity contribution in [1.82, 2.24) is 49.7 Å². The smallest absolute Gasteiger partial charge is 0.319 e. The first-order valence-corrected chi connectivity index (χ1v) is 16.9. The molecule has 0 bridgehead atoms. The van der Waals surface area contributed by atoms with Gasteiger partial charge in [-0.15, -0.1) is 0 Å². The Bertz CT molecular complexity index is 2680. The molecule has 14 nitrogen and oxygen atoms in total. The average molecular weight is 687 g/mol. The highest BCUT2D eigenvalue weighted by molar-refractivity contribution is 5.94. The van der Waals surface area contributed by atoms with Gasteiger partial charge in [0, 0.05) is 41.2 Å². The van der Waals surface area contributed by atoms with E-state index in [9.17, 15) is 9.59 Å². The van der Waals surface area contributed by atoms with Gasteiger partial charge in [0.05, 0.1) is 76.9 Å². The Hall–Kier alpha value is -7.22. The Morgan fingerprint density at radius 2 is 1.35 bits per heavy atom. The molecule has 2 aliphatic rings. The molecule has 4 amide bonds. The Labute approximate surface area is 295 Å². The van der Waals surface area contributed by atoms with Crippen LogP contribution in [0.25, 0.3) is 56.0 Å². The Balaban J connectivity index is 0.849. The van der Waals surface area contributed by atoms with Gasteiger partial charge < -0.3 is 40.4 Å². The van der Waals surface area contributed by atoms with Crippen molar-refractivity contribution < 1.29 is 9.59 Å². The standard InChI is InChI=1S/C38H30N12O2/c51-37(41-16-32-24-5-2-1-4-23(24)31-14-39-19-49(31)32)46-22-9-11-28-30(13-22)48-36(47-28)26-7-3-6-25-33(50-20-40-15-34(50)35(25)26)17-42-38(52)45-21-8-10-27-29(12-21)44-18-43-27/h1-15,18-20,32-33H,16-17H2,(H,43,44)(H,47,48)(H2,41,46,51)(H2,42,45,52). The molecule has 0 saturated carbocycles. The van der Waals surface area contributed by atoms with Crippen molar-refractivity contribution in [2.75, 3.05) is 23.7 Å². The molecule has 14 heteroatoms. The summed E-state index contributed by atoms with van der Waals surface area (Å²) in [7, 11) is 0. The summed E-state index contributed by atoms with van der Waals surface area (Å²) in [5, 5.41) is 11.9. The highest BCUT2D eigenvalue weighted by Crippen LogP contribution is 2.44. The highest BCUT2D eigenvalue weighted by Gasteiger charge is 2.32.